The molecule has 192 valence electrons. The van der Waals surface area contributed by atoms with Crippen molar-refractivity contribution >= 4 is 11.9 Å². The molecule has 1 aliphatic rings. The molecule has 0 saturated heterocycles. The molecule has 1 aliphatic carbocycles. The first kappa shape index (κ1) is 25.9. The number of rotatable bonds is 8. The largest absolute Gasteiger partial charge is 0.504 e. The van der Waals surface area contributed by atoms with Gasteiger partial charge in [0.25, 0.3) is 0 Å². The second-order valence-corrected chi connectivity index (χ2v) is 8.69. The minimum atomic E-state index is -1.36. The van der Waals surface area contributed by atoms with Crippen LogP contribution in [0.3, 0.4) is 0 Å². The van der Waals surface area contributed by atoms with Gasteiger partial charge in [0.05, 0.1) is 24.3 Å². The van der Waals surface area contributed by atoms with Crippen LogP contribution >= 0.6 is 0 Å². The first-order valence-corrected chi connectivity index (χ1v) is 11.8. The van der Waals surface area contributed by atoms with Crippen LogP contribution < -0.4 is 4.74 Å². The van der Waals surface area contributed by atoms with Crippen molar-refractivity contribution in [3.63, 3.8) is 0 Å². The Hall–Kier alpha value is -4.14. The number of aliphatic hydroxyl groups excluding tert-OH is 2. The number of carbonyl (C=O) groups excluding carboxylic acids is 2. The Kier molecular flexibility index (Phi) is 8.22. The van der Waals surface area contributed by atoms with Crippen LogP contribution in [0.2, 0.25) is 0 Å². The molecular weight excluding hydrogens is 476 g/mol. The van der Waals surface area contributed by atoms with Crippen LogP contribution in [0.25, 0.3) is 0 Å². The Morgan fingerprint density at radius 2 is 1.46 bits per heavy atom. The van der Waals surface area contributed by atoms with Crippen molar-refractivity contribution in [2.75, 3.05) is 13.7 Å². The molecule has 3 aromatic carbocycles. The summed E-state index contributed by atoms with van der Waals surface area (Å²) >= 11 is 0. The smallest absolute Gasteiger partial charge is 0.338 e. The molecule has 0 aromatic heterocycles. The zero-order valence-electron chi connectivity index (χ0n) is 20.2. The van der Waals surface area contributed by atoms with Crippen molar-refractivity contribution in [2.45, 2.75) is 24.7 Å². The molecule has 0 heterocycles. The van der Waals surface area contributed by atoms with E-state index in [-0.39, 0.29) is 35.7 Å². The van der Waals surface area contributed by atoms with Gasteiger partial charge >= 0.3 is 11.9 Å². The number of para-hydroxylation sites is 1. The van der Waals surface area contributed by atoms with E-state index in [1.165, 1.54) is 13.2 Å². The van der Waals surface area contributed by atoms with Crippen LogP contribution in [0.1, 0.15) is 26.3 Å². The van der Waals surface area contributed by atoms with Gasteiger partial charge in [-0.25, -0.2) is 9.59 Å². The topological polar surface area (TPSA) is 123 Å². The Morgan fingerprint density at radius 1 is 0.838 bits per heavy atom. The second kappa shape index (κ2) is 11.7. The fourth-order valence-corrected chi connectivity index (χ4v) is 4.33. The van der Waals surface area contributed by atoms with Gasteiger partial charge < -0.3 is 29.5 Å². The number of aliphatic hydroxyl groups is 2. The molecule has 4 atom stereocenters. The Balaban J connectivity index is 1.59. The number of phenolic OH excluding ortho intramolecular Hbond substituents is 1. The SMILES string of the molecule is COc1cccc(C[C@@H]2[C@H](OC(=O)c3ccccc3)[C@@H](O)C(COC(=O)c3ccccc3)=C[C@@H]2O)c1O. The molecule has 0 fully saturated rings. The van der Waals surface area contributed by atoms with Crippen LogP contribution in [0.15, 0.2) is 90.5 Å². The van der Waals surface area contributed by atoms with Gasteiger partial charge in [0, 0.05) is 5.92 Å². The first-order chi connectivity index (χ1) is 17.9. The second-order valence-electron chi connectivity index (χ2n) is 8.69. The van der Waals surface area contributed by atoms with E-state index in [4.69, 9.17) is 14.2 Å². The maximum Gasteiger partial charge on any atom is 0.338 e. The van der Waals surface area contributed by atoms with Crippen molar-refractivity contribution in [2.24, 2.45) is 5.92 Å². The van der Waals surface area contributed by atoms with E-state index in [2.05, 4.69) is 0 Å². The lowest BCUT2D eigenvalue weighted by atomic mass is 9.79. The molecule has 8 nitrogen and oxygen atoms in total. The van der Waals surface area contributed by atoms with Gasteiger partial charge in [-0.05, 0) is 47.9 Å². The summed E-state index contributed by atoms with van der Waals surface area (Å²) < 4.78 is 16.2. The summed E-state index contributed by atoms with van der Waals surface area (Å²) in [5, 5.41) is 32.8. The highest BCUT2D eigenvalue weighted by atomic mass is 16.6. The van der Waals surface area contributed by atoms with Gasteiger partial charge in [0.1, 0.15) is 18.8 Å². The molecule has 0 spiro atoms. The number of esters is 2. The van der Waals surface area contributed by atoms with Crippen molar-refractivity contribution in [1.29, 1.82) is 0 Å². The van der Waals surface area contributed by atoms with Crippen molar-refractivity contribution in [3.8, 4) is 11.5 Å². The zero-order valence-corrected chi connectivity index (χ0v) is 20.2. The van der Waals surface area contributed by atoms with E-state index < -0.39 is 36.2 Å². The number of methoxy groups -OCH3 is 1. The van der Waals surface area contributed by atoms with Gasteiger partial charge in [0.2, 0.25) is 0 Å². The van der Waals surface area contributed by atoms with Gasteiger partial charge in [0.15, 0.2) is 11.5 Å². The first-order valence-electron chi connectivity index (χ1n) is 11.8. The number of aromatic hydroxyl groups is 1. The number of benzene rings is 3. The van der Waals surface area contributed by atoms with Gasteiger partial charge in [-0.2, -0.15) is 0 Å². The number of hydrogen-bond donors (Lipinski definition) is 3. The van der Waals surface area contributed by atoms with Crippen LogP contribution in [0.5, 0.6) is 11.5 Å². The molecule has 0 amide bonds. The minimum Gasteiger partial charge on any atom is -0.504 e. The zero-order chi connectivity index (χ0) is 26.4. The number of phenols is 1. The third-order valence-electron chi connectivity index (χ3n) is 6.33. The Bertz CT molecular complexity index is 1260. The molecule has 0 aliphatic heterocycles. The van der Waals surface area contributed by atoms with Crippen LogP contribution in [0, 0.1) is 5.92 Å². The highest BCUT2D eigenvalue weighted by Crippen LogP contribution is 2.36. The molecule has 8 heteroatoms. The number of ether oxygens (including phenoxy) is 3. The molecule has 4 rings (SSSR count). The number of carbonyl (C=O) groups is 2. The average molecular weight is 505 g/mol. The Labute approximate surface area is 214 Å². The monoisotopic (exact) mass is 504 g/mol. The van der Waals surface area contributed by atoms with Crippen LogP contribution in [0.4, 0.5) is 0 Å². The van der Waals surface area contributed by atoms with Crippen LogP contribution in [-0.2, 0) is 15.9 Å². The van der Waals surface area contributed by atoms with E-state index >= 15 is 0 Å². The normalized spacial score (nSPS) is 21.0. The quantitative estimate of drug-likeness (QED) is 0.316. The van der Waals surface area contributed by atoms with Gasteiger partial charge in [-0.1, -0.05) is 54.6 Å². The lowest BCUT2D eigenvalue weighted by Crippen LogP contribution is -2.48. The third-order valence-corrected chi connectivity index (χ3v) is 6.33. The highest BCUT2D eigenvalue weighted by molar-refractivity contribution is 5.90. The standard InChI is InChI=1S/C29H28O8/c1-35-24-14-8-13-20(25(24)31)15-22-23(30)16-21(17-36-28(33)18-9-4-2-5-10-18)26(32)27(22)37-29(34)19-11-6-3-7-12-19/h2-14,16,22-23,26-27,30-32H,15,17H2,1H3/t22-,23-,26-,27-/m0/s1. The molecule has 0 bridgehead atoms. The Morgan fingerprint density at radius 3 is 2.08 bits per heavy atom. The minimum absolute atomic E-state index is 0.0710. The lowest BCUT2D eigenvalue weighted by molar-refractivity contribution is -0.0649. The van der Waals surface area contributed by atoms with E-state index in [0.717, 1.165) is 0 Å². The molecule has 0 unspecified atom stereocenters. The molecular formula is C29H28O8. The van der Waals surface area contributed by atoms with E-state index in [0.29, 0.717) is 11.1 Å². The maximum atomic E-state index is 12.9. The lowest BCUT2D eigenvalue weighted by Gasteiger charge is -2.38. The molecule has 0 saturated carbocycles. The predicted octanol–water partition coefficient (Wildman–Crippen LogP) is 3.30. The van der Waals surface area contributed by atoms with Crippen molar-refractivity contribution < 1.29 is 39.1 Å². The average Bonchev–Trinajstić information content (AvgIpc) is 2.93. The fourth-order valence-electron chi connectivity index (χ4n) is 4.33. The summed E-state index contributed by atoms with van der Waals surface area (Å²) in [6.07, 6.45) is -2.26. The van der Waals surface area contributed by atoms with Crippen LogP contribution in [-0.4, -0.2) is 59.3 Å². The summed E-state index contributed by atoms with van der Waals surface area (Å²) in [6.45, 7) is -0.303. The summed E-state index contributed by atoms with van der Waals surface area (Å²) in [7, 11) is 1.42. The van der Waals surface area contributed by atoms with Crippen molar-refractivity contribution in [3.05, 3.63) is 107 Å². The number of hydrogen-bond acceptors (Lipinski definition) is 8. The summed E-state index contributed by atoms with van der Waals surface area (Å²) in [6, 6.07) is 21.6. The summed E-state index contributed by atoms with van der Waals surface area (Å²) in [5.41, 5.74) is 1.27. The molecule has 3 N–H and O–H groups in total. The van der Waals surface area contributed by atoms with Crippen molar-refractivity contribution in [1.82, 2.24) is 0 Å². The third kappa shape index (κ3) is 5.99. The molecule has 37 heavy (non-hydrogen) atoms. The van der Waals surface area contributed by atoms with E-state index in [9.17, 15) is 24.9 Å². The summed E-state index contributed by atoms with van der Waals surface area (Å²) in [4.78, 5) is 25.3. The summed E-state index contributed by atoms with van der Waals surface area (Å²) in [5.74, 6) is -1.94. The molecule has 3 aromatic rings. The van der Waals surface area contributed by atoms with Gasteiger partial charge in [-0.3, -0.25) is 0 Å². The predicted molar refractivity (Wildman–Crippen MR) is 134 cm³/mol. The van der Waals surface area contributed by atoms with Gasteiger partial charge in [-0.15, -0.1) is 0 Å². The van der Waals surface area contributed by atoms with E-state index in [1.807, 2.05) is 0 Å². The van der Waals surface area contributed by atoms with E-state index in [1.54, 1.807) is 78.9 Å². The molecule has 0 radical (unpaired) electrons. The maximum absolute atomic E-state index is 12.9. The fraction of sp³-hybridized carbons (Fsp3) is 0.241. The highest BCUT2D eigenvalue weighted by Gasteiger charge is 2.42.